The van der Waals surface area contributed by atoms with Crippen molar-refractivity contribution in [1.29, 1.82) is 5.26 Å². The average molecular weight is 156 g/mol. The number of hydrogen-bond donors (Lipinski definition) is 1. The standard InChI is InChI=1S/C7H12N2O2/c1-5(2)11-7(10)9-6(3)4-8/h5-6H,1-3H3,(H,9,10). The summed E-state index contributed by atoms with van der Waals surface area (Å²) in [6, 6.07) is 1.36. The van der Waals surface area contributed by atoms with E-state index in [0.29, 0.717) is 0 Å². The van der Waals surface area contributed by atoms with Crippen molar-refractivity contribution in [2.75, 3.05) is 0 Å². The van der Waals surface area contributed by atoms with E-state index in [-0.39, 0.29) is 6.10 Å². The molecular weight excluding hydrogens is 144 g/mol. The zero-order valence-electron chi connectivity index (χ0n) is 6.92. The van der Waals surface area contributed by atoms with Gasteiger partial charge in [0.15, 0.2) is 0 Å². The number of nitriles is 1. The number of ether oxygens (including phenoxy) is 1. The van der Waals surface area contributed by atoms with Crippen molar-refractivity contribution < 1.29 is 9.53 Å². The summed E-state index contributed by atoms with van der Waals surface area (Å²) in [4.78, 5) is 10.7. The van der Waals surface area contributed by atoms with E-state index in [0.717, 1.165) is 0 Å². The molecule has 0 aliphatic heterocycles. The maximum Gasteiger partial charge on any atom is 0.408 e. The van der Waals surface area contributed by atoms with E-state index in [1.54, 1.807) is 20.8 Å². The fourth-order valence-electron chi connectivity index (χ4n) is 0.457. The highest BCUT2D eigenvalue weighted by Crippen LogP contribution is 1.89. The molecule has 4 heteroatoms. The molecular formula is C7H12N2O2. The van der Waals surface area contributed by atoms with Crippen LogP contribution in [0.3, 0.4) is 0 Å². The van der Waals surface area contributed by atoms with E-state index >= 15 is 0 Å². The second kappa shape index (κ2) is 4.56. The molecule has 0 aromatic rings. The van der Waals surface area contributed by atoms with Gasteiger partial charge in [0, 0.05) is 0 Å². The Morgan fingerprint density at radius 3 is 2.45 bits per heavy atom. The summed E-state index contributed by atoms with van der Waals surface area (Å²) >= 11 is 0. The summed E-state index contributed by atoms with van der Waals surface area (Å²) in [6.45, 7) is 5.08. The molecule has 0 saturated carbocycles. The topological polar surface area (TPSA) is 62.1 Å². The van der Waals surface area contributed by atoms with Gasteiger partial charge in [-0.15, -0.1) is 0 Å². The summed E-state index contributed by atoms with van der Waals surface area (Å²) in [5.41, 5.74) is 0. The van der Waals surface area contributed by atoms with Crippen LogP contribution < -0.4 is 5.32 Å². The first kappa shape index (κ1) is 9.76. The molecule has 11 heavy (non-hydrogen) atoms. The molecule has 1 atom stereocenters. The molecule has 0 aromatic heterocycles. The minimum Gasteiger partial charge on any atom is -0.447 e. The Hall–Kier alpha value is -1.24. The number of nitrogens with one attached hydrogen (secondary N) is 1. The largest absolute Gasteiger partial charge is 0.447 e. The molecule has 0 heterocycles. The van der Waals surface area contributed by atoms with Gasteiger partial charge in [-0.3, -0.25) is 0 Å². The monoisotopic (exact) mass is 156 g/mol. The first-order valence-corrected chi connectivity index (χ1v) is 3.43. The van der Waals surface area contributed by atoms with Crippen molar-refractivity contribution in [2.45, 2.75) is 32.9 Å². The van der Waals surface area contributed by atoms with Crippen LogP contribution in [0, 0.1) is 11.3 Å². The lowest BCUT2D eigenvalue weighted by molar-refractivity contribution is 0.114. The van der Waals surface area contributed by atoms with Crippen LogP contribution in [0.15, 0.2) is 0 Å². The lowest BCUT2D eigenvalue weighted by Crippen LogP contribution is -2.33. The highest BCUT2D eigenvalue weighted by molar-refractivity contribution is 5.68. The van der Waals surface area contributed by atoms with Gasteiger partial charge in [0.2, 0.25) is 0 Å². The van der Waals surface area contributed by atoms with Crippen LogP contribution in [0.1, 0.15) is 20.8 Å². The predicted molar refractivity (Wildman–Crippen MR) is 39.8 cm³/mol. The highest BCUT2D eigenvalue weighted by Gasteiger charge is 2.07. The fourth-order valence-corrected chi connectivity index (χ4v) is 0.457. The average Bonchev–Trinajstić information content (AvgIpc) is 1.85. The number of nitrogens with zero attached hydrogens (tertiary/aromatic N) is 1. The maximum atomic E-state index is 10.7. The number of carbonyl (C=O) groups excluding carboxylic acids is 1. The van der Waals surface area contributed by atoms with Gasteiger partial charge in [-0.2, -0.15) is 5.26 Å². The van der Waals surface area contributed by atoms with E-state index in [1.807, 2.05) is 6.07 Å². The van der Waals surface area contributed by atoms with Crippen molar-refractivity contribution in [2.24, 2.45) is 0 Å². The second-order valence-electron chi connectivity index (χ2n) is 2.45. The van der Waals surface area contributed by atoms with Crippen molar-refractivity contribution >= 4 is 6.09 Å². The lowest BCUT2D eigenvalue weighted by Gasteiger charge is -2.09. The molecule has 4 nitrogen and oxygen atoms in total. The molecule has 0 spiro atoms. The molecule has 0 fully saturated rings. The minimum atomic E-state index is -0.547. The van der Waals surface area contributed by atoms with E-state index in [1.165, 1.54) is 0 Å². The van der Waals surface area contributed by atoms with Crippen LogP contribution in [0.4, 0.5) is 4.79 Å². The van der Waals surface area contributed by atoms with Crippen LogP contribution in [0.2, 0.25) is 0 Å². The van der Waals surface area contributed by atoms with Crippen LogP contribution in [-0.2, 0) is 4.74 Å². The SMILES string of the molecule is CC(C#N)NC(=O)OC(C)C. The molecule has 1 unspecified atom stereocenters. The first-order chi connectivity index (χ1) is 5.06. The van der Waals surface area contributed by atoms with Gasteiger partial charge in [0.05, 0.1) is 12.2 Å². The van der Waals surface area contributed by atoms with Crippen LogP contribution in [-0.4, -0.2) is 18.2 Å². The third-order valence-corrected chi connectivity index (χ3v) is 0.871. The Balaban J connectivity index is 3.63. The minimum absolute atomic E-state index is 0.152. The molecule has 0 rings (SSSR count). The van der Waals surface area contributed by atoms with Crippen LogP contribution >= 0.6 is 0 Å². The van der Waals surface area contributed by atoms with Crippen molar-refractivity contribution in [3.63, 3.8) is 0 Å². The Bertz CT molecular complexity index is 172. The van der Waals surface area contributed by atoms with Gasteiger partial charge < -0.3 is 10.1 Å². The summed E-state index contributed by atoms with van der Waals surface area (Å²) in [6.07, 6.45) is -0.699. The second-order valence-corrected chi connectivity index (χ2v) is 2.45. The summed E-state index contributed by atoms with van der Waals surface area (Å²) in [5, 5.41) is 10.6. The van der Waals surface area contributed by atoms with E-state index in [9.17, 15) is 4.79 Å². The lowest BCUT2D eigenvalue weighted by atomic mass is 10.4. The Morgan fingerprint density at radius 1 is 1.55 bits per heavy atom. The number of amides is 1. The summed E-state index contributed by atoms with van der Waals surface area (Å²) in [5.74, 6) is 0. The van der Waals surface area contributed by atoms with E-state index in [4.69, 9.17) is 10.00 Å². The fraction of sp³-hybridized carbons (Fsp3) is 0.714. The molecule has 0 radical (unpaired) electrons. The first-order valence-electron chi connectivity index (χ1n) is 3.43. The van der Waals surface area contributed by atoms with E-state index in [2.05, 4.69) is 5.32 Å². The van der Waals surface area contributed by atoms with Crippen LogP contribution in [0.5, 0.6) is 0 Å². The van der Waals surface area contributed by atoms with Gasteiger partial charge in [0.1, 0.15) is 6.04 Å². The zero-order valence-corrected chi connectivity index (χ0v) is 6.92. The molecule has 1 amide bonds. The maximum absolute atomic E-state index is 10.7. The van der Waals surface area contributed by atoms with Gasteiger partial charge in [0.25, 0.3) is 0 Å². The van der Waals surface area contributed by atoms with Gasteiger partial charge in [-0.1, -0.05) is 0 Å². The molecule has 0 bridgehead atoms. The third kappa shape index (κ3) is 5.22. The Labute approximate surface area is 66.1 Å². The third-order valence-electron chi connectivity index (χ3n) is 0.871. The number of carbonyl (C=O) groups is 1. The Kier molecular flexibility index (Phi) is 4.04. The molecule has 1 N–H and O–H groups in total. The van der Waals surface area contributed by atoms with Gasteiger partial charge in [-0.25, -0.2) is 4.79 Å². The molecule has 0 aromatic carbocycles. The molecule has 0 aliphatic carbocycles. The van der Waals surface area contributed by atoms with Gasteiger partial charge in [-0.05, 0) is 20.8 Å². The van der Waals surface area contributed by atoms with Crippen molar-refractivity contribution in [3.8, 4) is 6.07 Å². The van der Waals surface area contributed by atoms with Gasteiger partial charge >= 0.3 is 6.09 Å². The quantitative estimate of drug-likeness (QED) is 0.649. The van der Waals surface area contributed by atoms with E-state index < -0.39 is 12.1 Å². The van der Waals surface area contributed by atoms with Crippen molar-refractivity contribution in [1.82, 2.24) is 5.32 Å². The Morgan fingerprint density at radius 2 is 2.09 bits per heavy atom. The molecule has 0 saturated heterocycles. The summed E-state index contributed by atoms with van der Waals surface area (Å²) < 4.78 is 4.72. The molecule has 0 aliphatic rings. The zero-order chi connectivity index (χ0) is 8.85. The van der Waals surface area contributed by atoms with Crippen molar-refractivity contribution in [3.05, 3.63) is 0 Å². The highest BCUT2D eigenvalue weighted by atomic mass is 16.6. The normalized spacial score (nSPS) is 11.9. The number of alkyl carbamates (subject to hydrolysis) is 1. The number of rotatable bonds is 2. The molecule has 62 valence electrons. The predicted octanol–water partition coefficient (Wildman–Crippen LogP) is 1.03. The number of hydrogen-bond acceptors (Lipinski definition) is 3. The van der Waals surface area contributed by atoms with Crippen LogP contribution in [0.25, 0.3) is 0 Å². The summed E-state index contributed by atoms with van der Waals surface area (Å²) in [7, 11) is 0. The smallest absolute Gasteiger partial charge is 0.408 e.